The summed E-state index contributed by atoms with van der Waals surface area (Å²) in [6.45, 7) is 1.55. The van der Waals surface area contributed by atoms with E-state index >= 15 is 0 Å². The van der Waals surface area contributed by atoms with E-state index < -0.39 is 0 Å². The van der Waals surface area contributed by atoms with Crippen LogP contribution in [-0.2, 0) is 0 Å². The zero-order chi connectivity index (χ0) is 18.8. The standard InChI is InChI=1S/C20H17N5O2/c1-13(26)14-3-5-15(6-4-14)17-12-22-25-10-9-18(24-20(17)25)23-16-7-8-19(27-2)21-11-16/h3-12H,1-2H3,(H,23,24). The molecule has 0 atom stereocenters. The van der Waals surface area contributed by atoms with Crippen LogP contribution >= 0.6 is 0 Å². The number of methoxy groups -OCH3 is 1. The molecule has 0 bridgehead atoms. The number of nitrogens with one attached hydrogen (secondary N) is 1. The molecule has 1 aromatic carbocycles. The summed E-state index contributed by atoms with van der Waals surface area (Å²) >= 11 is 0. The fraction of sp³-hybridized carbons (Fsp3) is 0.100. The van der Waals surface area contributed by atoms with Gasteiger partial charge in [0, 0.05) is 23.4 Å². The van der Waals surface area contributed by atoms with Gasteiger partial charge in [-0.05, 0) is 24.6 Å². The Hall–Kier alpha value is -3.74. The number of hydrogen-bond acceptors (Lipinski definition) is 6. The highest BCUT2D eigenvalue weighted by Gasteiger charge is 2.10. The van der Waals surface area contributed by atoms with Crippen molar-refractivity contribution in [3.05, 3.63) is 66.6 Å². The number of benzene rings is 1. The van der Waals surface area contributed by atoms with Gasteiger partial charge in [0.05, 0.1) is 25.2 Å². The molecule has 0 radical (unpaired) electrons. The molecule has 0 aliphatic heterocycles. The van der Waals surface area contributed by atoms with Crippen LogP contribution in [0.2, 0.25) is 0 Å². The fourth-order valence-corrected chi connectivity index (χ4v) is 2.75. The van der Waals surface area contributed by atoms with Crippen LogP contribution in [0.4, 0.5) is 11.5 Å². The number of Topliss-reactive ketones (excluding diaryl/α,β-unsaturated/α-hetero) is 1. The number of hydrogen-bond donors (Lipinski definition) is 1. The van der Waals surface area contributed by atoms with Gasteiger partial charge in [-0.2, -0.15) is 5.10 Å². The fourth-order valence-electron chi connectivity index (χ4n) is 2.75. The van der Waals surface area contributed by atoms with Crippen LogP contribution in [0.3, 0.4) is 0 Å². The van der Waals surface area contributed by atoms with Gasteiger partial charge in [0.25, 0.3) is 0 Å². The van der Waals surface area contributed by atoms with Crippen molar-refractivity contribution in [3.8, 4) is 17.0 Å². The molecule has 0 aliphatic rings. The van der Waals surface area contributed by atoms with E-state index in [1.54, 1.807) is 37.0 Å². The quantitative estimate of drug-likeness (QED) is 0.547. The zero-order valence-corrected chi connectivity index (χ0v) is 14.9. The molecule has 0 spiro atoms. The number of fused-ring (bicyclic) bond motifs is 1. The SMILES string of the molecule is COc1ccc(Nc2ccn3ncc(-c4ccc(C(C)=O)cc4)c3n2)cn1. The lowest BCUT2D eigenvalue weighted by Crippen LogP contribution is -1.98. The highest BCUT2D eigenvalue weighted by molar-refractivity contribution is 5.94. The average molecular weight is 359 g/mol. The summed E-state index contributed by atoms with van der Waals surface area (Å²) in [5.41, 5.74) is 4.04. The first kappa shape index (κ1) is 16.7. The minimum atomic E-state index is 0.0409. The smallest absolute Gasteiger partial charge is 0.213 e. The average Bonchev–Trinajstić information content (AvgIpc) is 3.12. The first-order chi connectivity index (χ1) is 13.1. The molecule has 0 saturated heterocycles. The normalized spacial score (nSPS) is 10.7. The molecule has 0 fully saturated rings. The maximum Gasteiger partial charge on any atom is 0.213 e. The molecule has 3 aromatic heterocycles. The van der Waals surface area contributed by atoms with Gasteiger partial charge in [0.2, 0.25) is 5.88 Å². The van der Waals surface area contributed by atoms with Gasteiger partial charge in [0.1, 0.15) is 5.82 Å². The van der Waals surface area contributed by atoms with E-state index in [1.807, 2.05) is 42.6 Å². The van der Waals surface area contributed by atoms with E-state index in [4.69, 9.17) is 4.74 Å². The molecule has 7 nitrogen and oxygen atoms in total. The molecule has 134 valence electrons. The van der Waals surface area contributed by atoms with E-state index in [0.29, 0.717) is 17.3 Å². The van der Waals surface area contributed by atoms with Crippen LogP contribution in [0, 0.1) is 0 Å². The van der Waals surface area contributed by atoms with Crippen LogP contribution in [-0.4, -0.2) is 32.5 Å². The Bertz CT molecular complexity index is 1100. The Labute approximate surface area is 155 Å². The van der Waals surface area contributed by atoms with Crippen LogP contribution < -0.4 is 10.1 Å². The van der Waals surface area contributed by atoms with Gasteiger partial charge in [-0.25, -0.2) is 14.5 Å². The van der Waals surface area contributed by atoms with Crippen molar-refractivity contribution in [1.29, 1.82) is 0 Å². The number of ketones is 1. The summed E-state index contributed by atoms with van der Waals surface area (Å²) in [5, 5.41) is 7.58. The van der Waals surface area contributed by atoms with Gasteiger partial charge in [-0.1, -0.05) is 24.3 Å². The molecule has 0 amide bonds. The largest absolute Gasteiger partial charge is 0.481 e. The van der Waals surface area contributed by atoms with E-state index in [9.17, 15) is 4.79 Å². The molecule has 0 saturated carbocycles. The minimum Gasteiger partial charge on any atom is -0.481 e. The highest BCUT2D eigenvalue weighted by atomic mass is 16.5. The zero-order valence-electron chi connectivity index (χ0n) is 14.9. The van der Waals surface area contributed by atoms with E-state index in [1.165, 1.54) is 0 Å². The van der Waals surface area contributed by atoms with Crippen molar-refractivity contribution < 1.29 is 9.53 Å². The monoisotopic (exact) mass is 359 g/mol. The van der Waals surface area contributed by atoms with Crippen LogP contribution in [0.5, 0.6) is 5.88 Å². The van der Waals surface area contributed by atoms with Gasteiger partial charge in [0.15, 0.2) is 11.4 Å². The minimum absolute atomic E-state index is 0.0409. The second kappa shape index (κ2) is 6.87. The van der Waals surface area contributed by atoms with Gasteiger partial charge in [-0.15, -0.1) is 0 Å². The molecule has 4 rings (SSSR count). The van der Waals surface area contributed by atoms with Gasteiger partial charge in [-0.3, -0.25) is 4.79 Å². The maximum atomic E-state index is 11.5. The van der Waals surface area contributed by atoms with Crippen molar-refractivity contribution in [2.75, 3.05) is 12.4 Å². The molecule has 4 aromatic rings. The summed E-state index contributed by atoms with van der Waals surface area (Å²) in [6, 6.07) is 12.9. The lowest BCUT2D eigenvalue weighted by Gasteiger charge is -2.07. The number of carbonyl (C=O) groups excluding carboxylic acids is 1. The van der Waals surface area contributed by atoms with Crippen LogP contribution in [0.1, 0.15) is 17.3 Å². The lowest BCUT2D eigenvalue weighted by atomic mass is 10.1. The molecular weight excluding hydrogens is 342 g/mol. The second-order valence-electron chi connectivity index (χ2n) is 5.99. The summed E-state index contributed by atoms with van der Waals surface area (Å²) in [4.78, 5) is 20.3. The number of anilines is 2. The Morgan fingerprint density at radius 2 is 1.89 bits per heavy atom. The second-order valence-corrected chi connectivity index (χ2v) is 5.99. The third kappa shape index (κ3) is 3.35. The number of ether oxygens (including phenoxy) is 1. The van der Waals surface area contributed by atoms with Crippen molar-refractivity contribution in [1.82, 2.24) is 19.6 Å². The molecule has 0 aliphatic carbocycles. The molecule has 27 heavy (non-hydrogen) atoms. The molecular formula is C20H17N5O2. The predicted molar refractivity (Wildman–Crippen MR) is 102 cm³/mol. The summed E-state index contributed by atoms with van der Waals surface area (Å²) in [7, 11) is 1.58. The number of nitrogens with zero attached hydrogens (tertiary/aromatic N) is 4. The predicted octanol–water partition coefficient (Wildman–Crippen LogP) is 3.75. The van der Waals surface area contributed by atoms with Crippen molar-refractivity contribution in [2.45, 2.75) is 6.92 Å². The third-order valence-electron chi connectivity index (χ3n) is 4.19. The molecule has 7 heteroatoms. The number of aromatic nitrogens is 4. The molecule has 1 N–H and O–H groups in total. The van der Waals surface area contributed by atoms with Crippen molar-refractivity contribution in [3.63, 3.8) is 0 Å². The Kier molecular flexibility index (Phi) is 4.25. The Morgan fingerprint density at radius 3 is 2.56 bits per heavy atom. The van der Waals surface area contributed by atoms with E-state index in [0.717, 1.165) is 22.5 Å². The maximum absolute atomic E-state index is 11.5. The molecule has 3 heterocycles. The van der Waals surface area contributed by atoms with Crippen molar-refractivity contribution in [2.24, 2.45) is 0 Å². The number of pyridine rings is 1. The first-order valence-corrected chi connectivity index (χ1v) is 8.37. The van der Waals surface area contributed by atoms with Crippen LogP contribution in [0.15, 0.2) is 61.1 Å². The Balaban J connectivity index is 1.67. The summed E-state index contributed by atoms with van der Waals surface area (Å²) in [5.74, 6) is 1.27. The summed E-state index contributed by atoms with van der Waals surface area (Å²) < 4.78 is 6.78. The first-order valence-electron chi connectivity index (χ1n) is 8.37. The molecule has 0 unspecified atom stereocenters. The van der Waals surface area contributed by atoms with Gasteiger partial charge >= 0.3 is 0 Å². The van der Waals surface area contributed by atoms with Gasteiger partial charge < -0.3 is 10.1 Å². The van der Waals surface area contributed by atoms with Crippen molar-refractivity contribution >= 4 is 22.9 Å². The Morgan fingerprint density at radius 1 is 1.07 bits per heavy atom. The number of carbonyl (C=O) groups is 1. The number of rotatable bonds is 5. The summed E-state index contributed by atoms with van der Waals surface area (Å²) in [6.07, 6.45) is 5.29. The van der Waals surface area contributed by atoms with E-state index in [-0.39, 0.29) is 5.78 Å². The third-order valence-corrected chi connectivity index (χ3v) is 4.19. The lowest BCUT2D eigenvalue weighted by molar-refractivity contribution is 0.101. The van der Waals surface area contributed by atoms with E-state index in [2.05, 4.69) is 20.4 Å². The van der Waals surface area contributed by atoms with Crippen LogP contribution in [0.25, 0.3) is 16.8 Å². The highest BCUT2D eigenvalue weighted by Crippen LogP contribution is 2.25. The topological polar surface area (TPSA) is 81.4 Å².